The molecular formula is C11H17FN2O2S. The molecule has 0 fully saturated rings. The van der Waals surface area contributed by atoms with Crippen LogP contribution in [0.15, 0.2) is 17.0 Å². The number of hydrogen-bond donors (Lipinski definition) is 1. The number of nitrogen functional groups attached to an aromatic ring is 1. The van der Waals surface area contributed by atoms with Crippen LogP contribution in [0.5, 0.6) is 0 Å². The molecule has 17 heavy (non-hydrogen) atoms. The summed E-state index contributed by atoms with van der Waals surface area (Å²) in [5, 5.41) is 0. The molecule has 0 spiro atoms. The molecule has 1 rings (SSSR count). The van der Waals surface area contributed by atoms with Crippen molar-refractivity contribution in [3.63, 3.8) is 0 Å². The molecule has 1 aromatic rings. The van der Waals surface area contributed by atoms with E-state index in [0.717, 1.165) is 10.4 Å². The lowest BCUT2D eigenvalue weighted by Crippen LogP contribution is -2.33. The van der Waals surface area contributed by atoms with Crippen molar-refractivity contribution in [2.75, 3.05) is 12.8 Å². The van der Waals surface area contributed by atoms with Crippen molar-refractivity contribution in [1.82, 2.24) is 4.31 Å². The summed E-state index contributed by atoms with van der Waals surface area (Å²) in [5.41, 5.74) is 6.01. The molecular weight excluding hydrogens is 243 g/mol. The smallest absolute Gasteiger partial charge is 0.246 e. The summed E-state index contributed by atoms with van der Waals surface area (Å²) in [6.07, 6.45) is 0. The van der Waals surface area contributed by atoms with Crippen LogP contribution in [0.3, 0.4) is 0 Å². The van der Waals surface area contributed by atoms with Gasteiger partial charge in [-0.05, 0) is 38.5 Å². The van der Waals surface area contributed by atoms with Crippen molar-refractivity contribution in [2.24, 2.45) is 0 Å². The first-order chi connectivity index (χ1) is 7.67. The Bertz CT molecular complexity index is 527. The molecule has 0 heterocycles. The van der Waals surface area contributed by atoms with E-state index in [4.69, 9.17) is 5.73 Å². The highest BCUT2D eigenvalue weighted by molar-refractivity contribution is 7.89. The average molecular weight is 260 g/mol. The van der Waals surface area contributed by atoms with Gasteiger partial charge in [0.1, 0.15) is 10.7 Å². The van der Waals surface area contributed by atoms with Gasteiger partial charge in [-0.2, -0.15) is 4.31 Å². The number of hydrogen-bond acceptors (Lipinski definition) is 3. The van der Waals surface area contributed by atoms with Crippen LogP contribution in [-0.4, -0.2) is 25.8 Å². The van der Waals surface area contributed by atoms with Crippen LogP contribution in [0.4, 0.5) is 10.1 Å². The van der Waals surface area contributed by atoms with Crippen LogP contribution >= 0.6 is 0 Å². The maximum Gasteiger partial charge on any atom is 0.246 e. The molecule has 0 aromatic heterocycles. The first-order valence-corrected chi connectivity index (χ1v) is 6.65. The highest BCUT2D eigenvalue weighted by Gasteiger charge is 2.27. The van der Waals surface area contributed by atoms with Crippen LogP contribution in [0.2, 0.25) is 0 Å². The summed E-state index contributed by atoms with van der Waals surface area (Å²) in [7, 11) is -2.42. The van der Waals surface area contributed by atoms with Gasteiger partial charge in [0.05, 0.1) is 0 Å². The van der Waals surface area contributed by atoms with E-state index >= 15 is 0 Å². The maximum absolute atomic E-state index is 13.8. The van der Waals surface area contributed by atoms with E-state index in [0.29, 0.717) is 0 Å². The van der Waals surface area contributed by atoms with E-state index in [1.54, 1.807) is 13.8 Å². The lowest BCUT2D eigenvalue weighted by molar-refractivity contribution is 0.407. The zero-order chi connectivity index (χ0) is 13.4. The molecule has 4 nitrogen and oxygen atoms in total. The minimum absolute atomic E-state index is 0.223. The molecule has 0 saturated carbocycles. The number of anilines is 1. The van der Waals surface area contributed by atoms with Crippen molar-refractivity contribution in [3.05, 3.63) is 23.5 Å². The number of aryl methyl sites for hydroxylation is 1. The summed E-state index contributed by atoms with van der Waals surface area (Å²) in [5.74, 6) is -0.744. The zero-order valence-electron chi connectivity index (χ0n) is 10.4. The van der Waals surface area contributed by atoms with Crippen molar-refractivity contribution in [1.29, 1.82) is 0 Å². The normalized spacial score (nSPS) is 12.4. The Kier molecular flexibility index (Phi) is 3.78. The third-order valence-corrected chi connectivity index (χ3v) is 4.66. The van der Waals surface area contributed by atoms with E-state index < -0.39 is 15.8 Å². The minimum Gasteiger partial charge on any atom is -0.399 e. The lowest BCUT2D eigenvalue weighted by atomic mass is 10.2. The molecule has 2 N–H and O–H groups in total. The quantitative estimate of drug-likeness (QED) is 0.842. The average Bonchev–Trinajstić information content (AvgIpc) is 2.21. The van der Waals surface area contributed by atoms with E-state index in [2.05, 4.69) is 0 Å². The number of nitrogens with two attached hydrogens (primary N) is 1. The van der Waals surface area contributed by atoms with Gasteiger partial charge in [0.15, 0.2) is 0 Å². The Morgan fingerprint density at radius 3 is 2.35 bits per heavy atom. The zero-order valence-corrected chi connectivity index (χ0v) is 11.2. The second-order valence-corrected chi connectivity index (χ2v) is 6.23. The molecule has 0 aliphatic rings. The molecule has 0 atom stereocenters. The van der Waals surface area contributed by atoms with Gasteiger partial charge in [0, 0.05) is 18.8 Å². The van der Waals surface area contributed by atoms with Gasteiger partial charge in [-0.3, -0.25) is 0 Å². The van der Waals surface area contributed by atoms with Crippen LogP contribution in [-0.2, 0) is 10.0 Å². The maximum atomic E-state index is 13.8. The van der Waals surface area contributed by atoms with E-state index in [9.17, 15) is 12.8 Å². The van der Waals surface area contributed by atoms with Gasteiger partial charge >= 0.3 is 0 Å². The SMILES string of the molecule is Cc1cc(N)cc(S(=O)(=O)N(C)C(C)C)c1F. The van der Waals surface area contributed by atoms with Gasteiger partial charge in [-0.25, -0.2) is 12.8 Å². The highest BCUT2D eigenvalue weighted by atomic mass is 32.2. The number of halogens is 1. The van der Waals surface area contributed by atoms with Crippen LogP contribution in [0.1, 0.15) is 19.4 Å². The number of rotatable bonds is 3. The highest BCUT2D eigenvalue weighted by Crippen LogP contribution is 2.24. The summed E-state index contributed by atoms with van der Waals surface area (Å²) < 4.78 is 39.2. The summed E-state index contributed by atoms with van der Waals surface area (Å²) in [4.78, 5) is -0.369. The summed E-state index contributed by atoms with van der Waals surface area (Å²) in [6, 6.07) is 2.31. The summed E-state index contributed by atoms with van der Waals surface area (Å²) >= 11 is 0. The van der Waals surface area contributed by atoms with E-state index in [1.165, 1.54) is 20.0 Å². The molecule has 6 heteroatoms. The first kappa shape index (κ1) is 13.9. The molecule has 0 saturated heterocycles. The Hall–Kier alpha value is -1.14. The predicted molar refractivity (Wildman–Crippen MR) is 65.6 cm³/mol. The van der Waals surface area contributed by atoms with Gasteiger partial charge in [0.25, 0.3) is 0 Å². The van der Waals surface area contributed by atoms with Gasteiger partial charge in [-0.1, -0.05) is 0 Å². The lowest BCUT2D eigenvalue weighted by Gasteiger charge is -2.21. The minimum atomic E-state index is -3.84. The first-order valence-electron chi connectivity index (χ1n) is 5.21. The predicted octanol–water partition coefficient (Wildman–Crippen LogP) is 1.75. The van der Waals surface area contributed by atoms with Crippen LogP contribution in [0, 0.1) is 12.7 Å². The number of benzene rings is 1. The topological polar surface area (TPSA) is 63.4 Å². The number of sulfonamides is 1. The monoisotopic (exact) mass is 260 g/mol. The van der Waals surface area contributed by atoms with Crippen molar-refractivity contribution in [3.8, 4) is 0 Å². The fraction of sp³-hybridized carbons (Fsp3) is 0.455. The number of nitrogens with zero attached hydrogens (tertiary/aromatic N) is 1. The van der Waals surface area contributed by atoms with Gasteiger partial charge in [0.2, 0.25) is 10.0 Å². The molecule has 0 radical (unpaired) electrons. The Morgan fingerprint density at radius 1 is 1.35 bits per heavy atom. The molecule has 0 aliphatic carbocycles. The van der Waals surface area contributed by atoms with Crippen molar-refractivity contribution in [2.45, 2.75) is 31.7 Å². The third kappa shape index (κ3) is 2.58. The second-order valence-electron chi connectivity index (χ2n) is 4.26. The largest absolute Gasteiger partial charge is 0.399 e. The molecule has 1 aromatic carbocycles. The van der Waals surface area contributed by atoms with Crippen LogP contribution in [0.25, 0.3) is 0 Å². The molecule has 0 bridgehead atoms. The Labute approximate surface area is 101 Å². The van der Waals surface area contributed by atoms with E-state index in [1.807, 2.05) is 0 Å². The van der Waals surface area contributed by atoms with Crippen LogP contribution < -0.4 is 5.73 Å². The summed E-state index contributed by atoms with van der Waals surface area (Å²) in [6.45, 7) is 4.92. The fourth-order valence-electron chi connectivity index (χ4n) is 1.38. The van der Waals surface area contributed by atoms with Crippen molar-refractivity contribution >= 4 is 15.7 Å². The van der Waals surface area contributed by atoms with Gasteiger partial charge in [-0.15, -0.1) is 0 Å². The standard InChI is InChI=1S/C11H17FN2O2S/c1-7(2)14(4)17(15,16)10-6-9(13)5-8(3)11(10)12/h5-7H,13H2,1-4H3. The van der Waals surface area contributed by atoms with E-state index in [-0.39, 0.29) is 22.2 Å². The Morgan fingerprint density at radius 2 is 1.88 bits per heavy atom. The van der Waals surface area contributed by atoms with Gasteiger partial charge < -0.3 is 5.73 Å². The molecule has 0 unspecified atom stereocenters. The fourth-order valence-corrected chi connectivity index (χ4v) is 2.92. The molecule has 0 amide bonds. The second kappa shape index (κ2) is 4.62. The van der Waals surface area contributed by atoms with Crippen molar-refractivity contribution < 1.29 is 12.8 Å². The Balaban J connectivity index is 3.44. The molecule has 96 valence electrons. The molecule has 0 aliphatic heterocycles. The third-order valence-electron chi connectivity index (χ3n) is 2.63.